The fourth-order valence-electron chi connectivity index (χ4n) is 2.64. The van der Waals surface area contributed by atoms with Crippen LogP contribution in [0.5, 0.6) is 0 Å². The molecule has 2 aromatic heterocycles. The molecule has 1 aromatic carbocycles. The van der Waals surface area contributed by atoms with E-state index in [1.807, 2.05) is 37.4 Å². The van der Waals surface area contributed by atoms with Gasteiger partial charge in [-0.3, -0.25) is 13.9 Å². The minimum Gasteiger partial charge on any atom is -0.373 e. The summed E-state index contributed by atoms with van der Waals surface area (Å²) in [6, 6.07) is 10.0. The van der Waals surface area contributed by atoms with Gasteiger partial charge in [-0.1, -0.05) is 18.2 Å². The van der Waals surface area contributed by atoms with Gasteiger partial charge < -0.3 is 9.47 Å². The highest BCUT2D eigenvalue weighted by molar-refractivity contribution is 5.69. The van der Waals surface area contributed by atoms with Crippen LogP contribution in [0.2, 0.25) is 0 Å². The normalized spacial score (nSPS) is 11.1. The lowest BCUT2D eigenvalue weighted by Crippen LogP contribution is -2.37. The number of benzene rings is 1. The molecule has 0 unspecified atom stereocenters. The average Bonchev–Trinajstić information content (AvgIpc) is 3.00. The van der Waals surface area contributed by atoms with Gasteiger partial charge in [-0.2, -0.15) is 0 Å². The average molecular weight is 313 g/mol. The topological polar surface area (TPSA) is 65.1 Å². The van der Waals surface area contributed by atoms with Crippen LogP contribution in [0.1, 0.15) is 0 Å². The molecule has 3 aromatic rings. The molecule has 2 heterocycles. The first-order valence-electron chi connectivity index (χ1n) is 7.37. The number of hydrogen-bond donors (Lipinski definition) is 0. The van der Waals surface area contributed by atoms with Crippen molar-refractivity contribution in [2.24, 2.45) is 14.1 Å². The Kier molecular flexibility index (Phi) is 3.77. The third kappa shape index (κ3) is 2.54. The number of imidazole rings is 1. The van der Waals surface area contributed by atoms with Gasteiger partial charge in [-0.05, 0) is 12.1 Å². The minimum absolute atomic E-state index is 0.317. The van der Waals surface area contributed by atoms with E-state index in [9.17, 15) is 9.59 Å². The zero-order valence-corrected chi connectivity index (χ0v) is 13.4. The van der Waals surface area contributed by atoms with Crippen molar-refractivity contribution in [3.63, 3.8) is 0 Å². The van der Waals surface area contributed by atoms with Gasteiger partial charge in [0.25, 0.3) is 5.56 Å². The Bertz CT molecular complexity index is 952. The molecule has 120 valence electrons. The van der Waals surface area contributed by atoms with Crippen LogP contribution in [0.25, 0.3) is 11.2 Å². The number of likely N-dealkylation sites (N-methyl/N-ethyl adjacent to an activating group) is 1. The number of rotatable bonds is 4. The molecule has 0 saturated carbocycles. The van der Waals surface area contributed by atoms with E-state index >= 15 is 0 Å². The monoisotopic (exact) mass is 313 g/mol. The Labute approximate surface area is 133 Å². The Hall–Kier alpha value is -2.83. The molecule has 0 saturated heterocycles. The quantitative estimate of drug-likeness (QED) is 0.706. The van der Waals surface area contributed by atoms with Gasteiger partial charge in [0.05, 0.1) is 6.33 Å². The van der Waals surface area contributed by atoms with Crippen LogP contribution in [0.3, 0.4) is 0 Å². The first-order chi connectivity index (χ1) is 11.0. The van der Waals surface area contributed by atoms with Crippen molar-refractivity contribution in [3.05, 3.63) is 57.5 Å². The highest BCUT2D eigenvalue weighted by Crippen LogP contribution is 2.11. The van der Waals surface area contributed by atoms with Crippen LogP contribution in [-0.4, -0.2) is 32.3 Å². The summed E-state index contributed by atoms with van der Waals surface area (Å²) in [6.45, 7) is 1.33. The largest absolute Gasteiger partial charge is 0.373 e. The van der Waals surface area contributed by atoms with E-state index in [4.69, 9.17) is 0 Å². The maximum absolute atomic E-state index is 12.4. The molecule has 0 radical (unpaired) electrons. The molecule has 0 aliphatic heterocycles. The molecule has 0 amide bonds. The number of aryl methyl sites for hydroxylation is 1. The highest BCUT2D eigenvalue weighted by Gasteiger charge is 2.14. The zero-order chi connectivity index (χ0) is 16.6. The van der Waals surface area contributed by atoms with Gasteiger partial charge in [-0.25, -0.2) is 9.78 Å². The summed E-state index contributed by atoms with van der Waals surface area (Å²) in [5, 5.41) is 0. The summed E-state index contributed by atoms with van der Waals surface area (Å²) >= 11 is 0. The molecule has 7 nitrogen and oxygen atoms in total. The third-order valence-corrected chi connectivity index (χ3v) is 4.09. The van der Waals surface area contributed by atoms with Crippen molar-refractivity contribution in [1.29, 1.82) is 0 Å². The highest BCUT2D eigenvalue weighted by atomic mass is 16.2. The van der Waals surface area contributed by atoms with Gasteiger partial charge in [0.1, 0.15) is 0 Å². The van der Waals surface area contributed by atoms with Crippen molar-refractivity contribution in [2.75, 3.05) is 18.5 Å². The number of nitrogens with zero attached hydrogens (tertiary/aromatic N) is 5. The summed E-state index contributed by atoms with van der Waals surface area (Å²) in [5.41, 5.74) is 1.30. The van der Waals surface area contributed by atoms with Crippen LogP contribution < -0.4 is 16.1 Å². The van der Waals surface area contributed by atoms with E-state index < -0.39 is 0 Å². The number of anilines is 1. The molecule has 0 fully saturated rings. The SMILES string of the molecule is CN(CCn1cnc2c1c(=O)n(C)c(=O)n2C)c1ccccc1. The zero-order valence-electron chi connectivity index (χ0n) is 13.4. The number of para-hydroxylation sites is 1. The summed E-state index contributed by atoms with van der Waals surface area (Å²) in [6.07, 6.45) is 1.62. The number of fused-ring (bicyclic) bond motifs is 1. The van der Waals surface area contributed by atoms with Crippen LogP contribution in [-0.2, 0) is 20.6 Å². The molecule has 0 aliphatic rings. The molecule has 0 N–H and O–H groups in total. The third-order valence-electron chi connectivity index (χ3n) is 4.09. The van der Waals surface area contributed by atoms with Gasteiger partial charge >= 0.3 is 5.69 Å². The van der Waals surface area contributed by atoms with Gasteiger partial charge in [0.2, 0.25) is 0 Å². The maximum Gasteiger partial charge on any atom is 0.332 e. The smallest absolute Gasteiger partial charge is 0.332 e. The summed E-state index contributed by atoms with van der Waals surface area (Å²) in [5.74, 6) is 0. The van der Waals surface area contributed by atoms with Gasteiger partial charge in [0, 0.05) is 39.9 Å². The van der Waals surface area contributed by atoms with E-state index in [1.165, 1.54) is 11.6 Å². The van der Waals surface area contributed by atoms with Gasteiger partial charge in [0.15, 0.2) is 11.2 Å². The van der Waals surface area contributed by atoms with Crippen LogP contribution in [0, 0.1) is 0 Å². The predicted octanol–water partition coefficient (Wildman–Crippen LogP) is 0.570. The Morgan fingerprint density at radius 3 is 2.48 bits per heavy atom. The van der Waals surface area contributed by atoms with E-state index in [0.29, 0.717) is 17.7 Å². The molecule has 23 heavy (non-hydrogen) atoms. The lowest BCUT2D eigenvalue weighted by molar-refractivity contribution is 0.679. The second-order valence-corrected chi connectivity index (χ2v) is 5.57. The standard InChI is InChI=1S/C16H19N5O2/c1-18(12-7-5-4-6-8-12)9-10-21-11-17-14-13(21)15(22)20(3)16(23)19(14)2/h4-8,11H,9-10H2,1-3H3. The Balaban J connectivity index is 1.93. The molecular weight excluding hydrogens is 294 g/mol. The molecule has 0 bridgehead atoms. The lowest BCUT2D eigenvalue weighted by Gasteiger charge is -2.19. The molecular formula is C16H19N5O2. The molecule has 0 spiro atoms. The fraction of sp³-hybridized carbons (Fsp3) is 0.312. The first-order valence-corrected chi connectivity index (χ1v) is 7.37. The number of aromatic nitrogens is 4. The summed E-state index contributed by atoms with van der Waals surface area (Å²) in [4.78, 5) is 30.6. The lowest BCUT2D eigenvalue weighted by atomic mass is 10.3. The van der Waals surface area contributed by atoms with Crippen LogP contribution in [0.4, 0.5) is 5.69 Å². The van der Waals surface area contributed by atoms with E-state index in [1.54, 1.807) is 17.9 Å². The molecule has 0 aliphatic carbocycles. The number of hydrogen-bond acceptors (Lipinski definition) is 4. The van der Waals surface area contributed by atoms with Crippen molar-refractivity contribution in [1.82, 2.24) is 18.7 Å². The second-order valence-electron chi connectivity index (χ2n) is 5.57. The minimum atomic E-state index is -0.367. The first kappa shape index (κ1) is 15.1. The Morgan fingerprint density at radius 2 is 1.78 bits per heavy atom. The second kappa shape index (κ2) is 5.75. The van der Waals surface area contributed by atoms with Gasteiger partial charge in [-0.15, -0.1) is 0 Å². The van der Waals surface area contributed by atoms with Crippen LogP contribution in [0.15, 0.2) is 46.2 Å². The summed E-state index contributed by atoms with van der Waals surface area (Å²) < 4.78 is 4.31. The summed E-state index contributed by atoms with van der Waals surface area (Å²) in [7, 11) is 5.11. The van der Waals surface area contributed by atoms with Crippen molar-refractivity contribution < 1.29 is 0 Å². The van der Waals surface area contributed by atoms with E-state index in [-0.39, 0.29) is 11.2 Å². The van der Waals surface area contributed by atoms with Crippen molar-refractivity contribution >= 4 is 16.9 Å². The van der Waals surface area contributed by atoms with Crippen molar-refractivity contribution in [3.8, 4) is 0 Å². The fourth-order valence-corrected chi connectivity index (χ4v) is 2.64. The Morgan fingerprint density at radius 1 is 1.09 bits per heavy atom. The molecule has 0 atom stereocenters. The van der Waals surface area contributed by atoms with Crippen LogP contribution >= 0.6 is 0 Å². The molecule has 3 rings (SSSR count). The predicted molar refractivity (Wildman–Crippen MR) is 89.9 cm³/mol. The van der Waals surface area contributed by atoms with Crippen molar-refractivity contribution in [2.45, 2.75) is 6.54 Å². The van der Waals surface area contributed by atoms with E-state index in [0.717, 1.165) is 16.8 Å². The molecule has 7 heteroatoms. The maximum atomic E-state index is 12.4. The van der Waals surface area contributed by atoms with E-state index in [2.05, 4.69) is 9.88 Å².